The van der Waals surface area contributed by atoms with Crippen LogP contribution in [0.4, 0.5) is 0 Å². The second kappa shape index (κ2) is 15.7. The van der Waals surface area contributed by atoms with Gasteiger partial charge in [0.1, 0.15) is 17.2 Å². The van der Waals surface area contributed by atoms with Gasteiger partial charge in [0.25, 0.3) is 0 Å². The number of ether oxygens (including phenoxy) is 2. The maximum atomic E-state index is 13.8. The van der Waals surface area contributed by atoms with Crippen molar-refractivity contribution in [3.8, 4) is 0 Å². The molecule has 0 aromatic carbocycles. The van der Waals surface area contributed by atoms with Gasteiger partial charge in [0.15, 0.2) is 0 Å². The van der Waals surface area contributed by atoms with Crippen molar-refractivity contribution in [3.05, 3.63) is 79.3 Å². The van der Waals surface area contributed by atoms with Crippen LogP contribution in [0.1, 0.15) is 137 Å². The predicted octanol–water partition coefficient (Wildman–Crippen LogP) is 9.07. The first-order valence-corrected chi connectivity index (χ1v) is 20.4. The number of nitrogens with zero attached hydrogens (tertiary/aromatic N) is 3. The normalized spacial score (nSPS) is 21.8. The molecule has 3 N–H and O–H groups in total. The number of allylic oxidation sites excluding steroid dienone is 7. The van der Waals surface area contributed by atoms with Crippen LogP contribution in [0.25, 0.3) is 12.2 Å². The molecule has 1 unspecified atom stereocenters. The van der Waals surface area contributed by atoms with Crippen molar-refractivity contribution in [1.29, 1.82) is 0 Å². The Morgan fingerprint density at radius 2 is 1.54 bits per heavy atom. The Bertz CT molecular complexity index is 2200. The van der Waals surface area contributed by atoms with Crippen LogP contribution in [-0.2, 0) is 30.3 Å². The molecule has 304 valence electrons. The number of aliphatic imine (C=N–C) groups is 3. The third-order valence-electron chi connectivity index (χ3n) is 11.4. The van der Waals surface area contributed by atoms with Gasteiger partial charge in [-0.05, 0) is 140 Å². The Morgan fingerprint density at radius 1 is 0.895 bits per heavy atom. The maximum Gasteiger partial charge on any atom is 0.329 e. The number of H-pyrrole nitrogens is 1. The number of esters is 2. The van der Waals surface area contributed by atoms with Crippen molar-refractivity contribution < 1.29 is 29.0 Å². The Labute approximate surface area is 337 Å². The summed E-state index contributed by atoms with van der Waals surface area (Å²) in [6.45, 7) is 23.2. The topological polar surface area (TPSA) is 155 Å². The van der Waals surface area contributed by atoms with Gasteiger partial charge >= 0.3 is 11.9 Å². The van der Waals surface area contributed by atoms with Crippen molar-refractivity contribution in [2.45, 2.75) is 145 Å². The highest BCUT2D eigenvalue weighted by atomic mass is 16.6. The molecule has 1 aliphatic carbocycles. The molecule has 11 heteroatoms. The van der Waals surface area contributed by atoms with Crippen LogP contribution in [0.5, 0.6) is 0 Å². The number of aromatic amines is 1. The summed E-state index contributed by atoms with van der Waals surface area (Å²) in [6.07, 6.45) is 8.71. The number of hydrogen-bond donors (Lipinski definition) is 3. The minimum Gasteiger partial charge on any atom is -0.515 e. The summed E-state index contributed by atoms with van der Waals surface area (Å²) in [7, 11) is 0. The van der Waals surface area contributed by atoms with Crippen LogP contribution in [0.2, 0.25) is 0 Å². The van der Waals surface area contributed by atoms with Gasteiger partial charge in [0.2, 0.25) is 5.91 Å². The number of rotatable bonds is 9. The number of fused-ring (bicyclic) bond motifs is 5. The van der Waals surface area contributed by atoms with Gasteiger partial charge in [-0.25, -0.2) is 14.8 Å². The third-order valence-corrected chi connectivity index (χ3v) is 11.4. The van der Waals surface area contributed by atoms with Gasteiger partial charge in [-0.3, -0.25) is 14.6 Å². The lowest BCUT2D eigenvalue weighted by Gasteiger charge is -2.26. The van der Waals surface area contributed by atoms with Gasteiger partial charge in [-0.1, -0.05) is 20.8 Å². The Morgan fingerprint density at radius 3 is 2.18 bits per heavy atom. The number of aliphatic hydroxyl groups excluding tert-OH is 1. The second-order valence-electron chi connectivity index (χ2n) is 17.7. The Balaban J connectivity index is 1.40. The molecule has 5 aliphatic rings. The summed E-state index contributed by atoms with van der Waals surface area (Å²) >= 11 is 0. The number of carbonyl (C=O) groups excluding carboxylic acids is 3. The second-order valence-corrected chi connectivity index (χ2v) is 17.7. The van der Waals surface area contributed by atoms with Crippen LogP contribution in [0.3, 0.4) is 0 Å². The zero-order valence-corrected chi connectivity index (χ0v) is 35.7. The standard InChI is InChI=1S/C46H59N5O6/c1-13-27-23(3)33-19-36-28(14-2)25(5)40(50-36)32(22-52)41-26(6)30(43(51-41)31-16-15-29-24(4)34(49-42(29)31)20-35(27)47-33)17-18-38(53)48-37(44(55)57-46(10,11)12)21-39(54)56-45(7,8)9/h19-20,22,26,30,37,47,52H,13-18,21H2,1-12H3,(H,48,53)/b32-22-,34-20?,36-19?,43-31?/t26-,30-,37?/m0/s1. The lowest BCUT2D eigenvalue weighted by Crippen LogP contribution is -2.46. The van der Waals surface area contributed by atoms with Crippen LogP contribution < -0.4 is 5.32 Å². The molecule has 11 nitrogen and oxygen atoms in total. The van der Waals surface area contributed by atoms with Gasteiger partial charge in [-0.15, -0.1) is 0 Å². The SMILES string of the molecule is CCC1=C(C)C2=NC1=Cc1[nH]c(c(CC)c1C)C=C1N=C3C(=C1C)CCC3=C1N=C(/C2=C\O)[C@@H](C)[C@@H]1CCC(=O)NC(CC(=O)OC(C)(C)C)C(=O)OC(C)(C)C. The van der Waals surface area contributed by atoms with Gasteiger partial charge in [0, 0.05) is 40.9 Å². The molecule has 1 aromatic rings. The molecular formula is C46H59N5O6. The van der Waals surface area contributed by atoms with Crippen LogP contribution >= 0.6 is 0 Å². The molecule has 1 saturated carbocycles. The molecule has 1 aromatic heterocycles. The summed E-state index contributed by atoms with van der Waals surface area (Å²) in [6, 6.07) is -1.22. The molecule has 3 atom stereocenters. The molecule has 4 aliphatic heterocycles. The summed E-state index contributed by atoms with van der Waals surface area (Å²) < 4.78 is 11.1. The highest BCUT2D eigenvalue weighted by Gasteiger charge is 2.42. The zero-order chi connectivity index (χ0) is 41.7. The van der Waals surface area contributed by atoms with Crippen molar-refractivity contribution in [3.63, 3.8) is 0 Å². The van der Waals surface area contributed by atoms with Crippen molar-refractivity contribution >= 4 is 47.1 Å². The fourth-order valence-electron chi connectivity index (χ4n) is 8.67. The fourth-order valence-corrected chi connectivity index (χ4v) is 8.67. The quantitative estimate of drug-likeness (QED) is 0.168. The molecule has 57 heavy (non-hydrogen) atoms. The van der Waals surface area contributed by atoms with E-state index in [1.54, 1.807) is 41.5 Å². The fraction of sp³-hybridized carbons (Fsp3) is 0.522. The molecule has 5 heterocycles. The average Bonchev–Trinajstić information content (AvgIpc) is 3.89. The summed E-state index contributed by atoms with van der Waals surface area (Å²) in [5.41, 5.74) is 13.9. The van der Waals surface area contributed by atoms with Crippen molar-refractivity contribution in [2.24, 2.45) is 26.8 Å². The number of aromatic nitrogens is 1. The molecule has 0 saturated heterocycles. The number of hydrogen-bond acceptors (Lipinski definition) is 9. The van der Waals surface area contributed by atoms with Crippen LogP contribution in [0, 0.1) is 18.8 Å². The molecule has 1 fully saturated rings. The monoisotopic (exact) mass is 777 g/mol. The van der Waals surface area contributed by atoms with Gasteiger partial charge in [-0.2, -0.15) is 0 Å². The largest absolute Gasteiger partial charge is 0.515 e. The van der Waals surface area contributed by atoms with Gasteiger partial charge in [0.05, 0.1) is 46.8 Å². The minimum absolute atomic E-state index is 0.0561. The molecule has 8 bridgehead atoms. The van der Waals surface area contributed by atoms with E-state index in [4.69, 9.17) is 24.5 Å². The van der Waals surface area contributed by atoms with Crippen LogP contribution in [0.15, 0.2) is 71.8 Å². The molecule has 0 spiro atoms. The molecule has 0 radical (unpaired) electrons. The van der Waals surface area contributed by atoms with Crippen molar-refractivity contribution in [2.75, 3.05) is 0 Å². The first-order valence-electron chi connectivity index (χ1n) is 20.4. The molecular weight excluding hydrogens is 719 g/mol. The minimum atomic E-state index is -1.22. The highest BCUT2D eigenvalue weighted by molar-refractivity contribution is 6.32. The number of nitrogens with one attached hydrogen (secondary N) is 2. The van der Waals surface area contributed by atoms with Gasteiger partial charge < -0.3 is 24.9 Å². The van der Waals surface area contributed by atoms with Crippen LogP contribution in [-0.4, -0.2) is 62.3 Å². The summed E-state index contributed by atoms with van der Waals surface area (Å²) in [5.74, 6) is -2.11. The maximum absolute atomic E-state index is 13.8. The van der Waals surface area contributed by atoms with E-state index in [0.29, 0.717) is 23.4 Å². The van der Waals surface area contributed by atoms with E-state index in [9.17, 15) is 19.5 Å². The number of aliphatic hydroxyl groups is 1. The Kier molecular flexibility index (Phi) is 11.5. The van der Waals surface area contributed by atoms with E-state index in [1.807, 2.05) is 0 Å². The van der Waals surface area contributed by atoms with E-state index < -0.39 is 35.1 Å². The third kappa shape index (κ3) is 8.34. The number of amides is 1. The van der Waals surface area contributed by atoms with E-state index in [-0.39, 0.29) is 24.7 Å². The lowest BCUT2D eigenvalue weighted by molar-refractivity contribution is -0.165. The van der Waals surface area contributed by atoms with E-state index >= 15 is 0 Å². The summed E-state index contributed by atoms with van der Waals surface area (Å²) in [4.78, 5) is 59.4. The van der Waals surface area contributed by atoms with E-state index in [1.165, 1.54) is 16.7 Å². The smallest absolute Gasteiger partial charge is 0.329 e. The highest BCUT2D eigenvalue weighted by Crippen LogP contribution is 2.47. The average molecular weight is 778 g/mol. The number of carbonyl (C=O) groups is 3. The Hall–Kier alpha value is -5.06. The molecule has 1 amide bonds. The first kappa shape index (κ1) is 41.6. The van der Waals surface area contributed by atoms with E-state index in [0.717, 1.165) is 88.4 Å². The molecule has 6 rings (SSSR count). The van der Waals surface area contributed by atoms with E-state index in [2.05, 4.69) is 64.0 Å². The summed E-state index contributed by atoms with van der Waals surface area (Å²) in [5, 5.41) is 13.8. The first-order chi connectivity index (χ1) is 26.7. The zero-order valence-electron chi connectivity index (χ0n) is 35.7. The lowest BCUT2D eigenvalue weighted by atomic mass is 9.82. The predicted molar refractivity (Wildman–Crippen MR) is 226 cm³/mol. The van der Waals surface area contributed by atoms with Crippen molar-refractivity contribution in [1.82, 2.24) is 10.3 Å².